The summed E-state index contributed by atoms with van der Waals surface area (Å²) in [5, 5.41) is 5.50. The molecule has 0 amide bonds. The minimum absolute atomic E-state index is 0.356. The third-order valence-corrected chi connectivity index (χ3v) is 2.33. The number of rotatable bonds is 2. The van der Waals surface area contributed by atoms with Crippen molar-refractivity contribution in [3.05, 3.63) is 60.2 Å². The van der Waals surface area contributed by atoms with Gasteiger partial charge in [-0.2, -0.15) is 0 Å². The summed E-state index contributed by atoms with van der Waals surface area (Å²) < 4.78 is 0. The molecular weight excluding hydrogens is 184 g/mol. The molecule has 0 unspecified atom stereocenters. The Kier molecular flexibility index (Phi) is 2.50. The summed E-state index contributed by atoms with van der Waals surface area (Å²) in [6.45, 7) is 0. The Hall–Kier alpha value is -2.09. The second-order valence-corrected chi connectivity index (χ2v) is 3.40. The normalized spacial score (nSPS) is 9.87. The van der Waals surface area contributed by atoms with Crippen molar-refractivity contribution in [3.8, 4) is 11.1 Å². The van der Waals surface area contributed by atoms with Crippen molar-refractivity contribution in [3.63, 3.8) is 0 Å². The molecule has 2 heteroatoms. The summed E-state index contributed by atoms with van der Waals surface area (Å²) >= 11 is 0. The molecule has 0 aliphatic carbocycles. The molecule has 2 aromatic rings. The Labute approximate surface area is 88.9 Å². The van der Waals surface area contributed by atoms with Crippen LogP contribution >= 0.6 is 0 Å². The number of hydrogen-bond acceptors (Lipinski definition) is 0. The maximum atomic E-state index is 5.50. The highest BCUT2D eigenvalue weighted by atomic mass is 14.7. The van der Waals surface area contributed by atoms with Crippen molar-refractivity contribution in [1.82, 2.24) is 0 Å². The van der Waals surface area contributed by atoms with Gasteiger partial charge in [0.1, 0.15) is 0 Å². The zero-order valence-corrected chi connectivity index (χ0v) is 8.35. The molecule has 0 aliphatic rings. The van der Waals surface area contributed by atoms with Crippen LogP contribution in [0.3, 0.4) is 0 Å². The third kappa shape index (κ3) is 2.05. The summed E-state index contributed by atoms with van der Waals surface area (Å²) in [5.41, 5.74) is 8.73. The monoisotopic (exact) mass is 197 g/mol. The van der Waals surface area contributed by atoms with Crippen LogP contribution in [0.4, 0.5) is 0 Å². The molecule has 0 saturated heterocycles. The SMILES string of the molecule is NC(=[NH2+])c1ccc(-c2ccccc2)cc1. The van der Waals surface area contributed by atoms with E-state index in [1.165, 1.54) is 11.1 Å². The minimum atomic E-state index is 0.356. The van der Waals surface area contributed by atoms with Gasteiger partial charge >= 0.3 is 0 Å². The quantitative estimate of drug-likeness (QED) is 0.543. The second kappa shape index (κ2) is 3.96. The van der Waals surface area contributed by atoms with E-state index in [-0.39, 0.29) is 0 Å². The van der Waals surface area contributed by atoms with Crippen molar-refractivity contribution >= 4 is 5.84 Å². The highest BCUT2D eigenvalue weighted by molar-refractivity contribution is 5.93. The van der Waals surface area contributed by atoms with E-state index in [9.17, 15) is 0 Å². The fourth-order valence-corrected chi connectivity index (χ4v) is 1.49. The summed E-state index contributed by atoms with van der Waals surface area (Å²) in [5.74, 6) is 0.356. The van der Waals surface area contributed by atoms with E-state index in [2.05, 4.69) is 12.1 Å². The van der Waals surface area contributed by atoms with Gasteiger partial charge in [-0.05, 0) is 23.3 Å². The first-order valence-corrected chi connectivity index (χ1v) is 4.81. The van der Waals surface area contributed by atoms with Crippen LogP contribution in [0.15, 0.2) is 54.6 Å². The molecule has 0 radical (unpaired) electrons. The number of nitrogens with two attached hydrogens (primary N) is 2. The van der Waals surface area contributed by atoms with Crippen LogP contribution in [-0.4, -0.2) is 5.84 Å². The lowest BCUT2D eigenvalue weighted by Gasteiger charge is -2.01. The Morgan fingerprint density at radius 1 is 0.800 bits per heavy atom. The largest absolute Gasteiger partial charge is 0.287 e. The minimum Gasteiger partial charge on any atom is -0.287 e. The zero-order valence-electron chi connectivity index (χ0n) is 8.35. The van der Waals surface area contributed by atoms with Gasteiger partial charge in [-0.25, -0.2) is 0 Å². The predicted octanol–water partition coefficient (Wildman–Crippen LogP) is 0.818. The molecule has 0 aliphatic heterocycles. The van der Waals surface area contributed by atoms with Crippen molar-refractivity contribution in [2.24, 2.45) is 5.73 Å². The smallest absolute Gasteiger partial charge is 0.270 e. The van der Waals surface area contributed by atoms with Gasteiger partial charge in [0.15, 0.2) is 0 Å². The molecule has 0 heterocycles. The topological polar surface area (TPSA) is 51.6 Å². The Balaban J connectivity index is 2.36. The molecule has 2 nitrogen and oxygen atoms in total. The van der Waals surface area contributed by atoms with Crippen LogP contribution in [0, 0.1) is 0 Å². The zero-order chi connectivity index (χ0) is 10.7. The maximum absolute atomic E-state index is 5.50. The van der Waals surface area contributed by atoms with Gasteiger partial charge in [0.25, 0.3) is 5.84 Å². The van der Waals surface area contributed by atoms with Gasteiger partial charge in [0, 0.05) is 0 Å². The summed E-state index contributed by atoms with van der Waals surface area (Å²) in [6.07, 6.45) is 0. The highest BCUT2D eigenvalue weighted by Gasteiger charge is 2.01. The number of hydrogen-bond donors (Lipinski definition) is 2. The summed E-state index contributed by atoms with van der Waals surface area (Å²) in [7, 11) is 0. The molecule has 2 aromatic carbocycles. The van der Waals surface area contributed by atoms with Gasteiger partial charge in [-0.15, -0.1) is 0 Å². The maximum Gasteiger partial charge on any atom is 0.270 e. The van der Waals surface area contributed by atoms with Gasteiger partial charge in [0.2, 0.25) is 0 Å². The van der Waals surface area contributed by atoms with E-state index < -0.39 is 0 Å². The molecule has 74 valence electrons. The van der Waals surface area contributed by atoms with Gasteiger partial charge in [-0.3, -0.25) is 11.1 Å². The lowest BCUT2D eigenvalue weighted by atomic mass is 10.0. The van der Waals surface area contributed by atoms with E-state index >= 15 is 0 Å². The van der Waals surface area contributed by atoms with Crippen LogP contribution in [0.2, 0.25) is 0 Å². The summed E-state index contributed by atoms with van der Waals surface area (Å²) in [4.78, 5) is 0. The first-order valence-electron chi connectivity index (χ1n) is 4.81. The Bertz CT molecular complexity index is 458. The molecule has 2 rings (SSSR count). The molecule has 0 fully saturated rings. The van der Waals surface area contributed by atoms with Crippen molar-refractivity contribution in [2.75, 3.05) is 0 Å². The first-order chi connectivity index (χ1) is 7.27. The summed E-state index contributed by atoms with van der Waals surface area (Å²) in [6, 6.07) is 18.1. The fraction of sp³-hybridized carbons (Fsp3) is 0. The van der Waals surface area contributed by atoms with Crippen LogP contribution in [0.1, 0.15) is 5.56 Å². The van der Waals surface area contributed by atoms with Gasteiger partial charge < -0.3 is 0 Å². The van der Waals surface area contributed by atoms with E-state index in [1.54, 1.807) is 0 Å². The lowest BCUT2D eigenvalue weighted by Crippen LogP contribution is -2.46. The van der Waals surface area contributed by atoms with E-state index in [4.69, 9.17) is 11.1 Å². The van der Waals surface area contributed by atoms with E-state index in [0.717, 1.165) is 5.56 Å². The first kappa shape index (κ1) is 9.46. The van der Waals surface area contributed by atoms with E-state index in [0.29, 0.717) is 5.84 Å². The Morgan fingerprint density at radius 2 is 1.33 bits per heavy atom. The van der Waals surface area contributed by atoms with Crippen molar-refractivity contribution < 1.29 is 5.41 Å². The average molecular weight is 197 g/mol. The molecule has 0 aromatic heterocycles. The highest BCUT2D eigenvalue weighted by Crippen LogP contribution is 2.18. The molecule has 0 bridgehead atoms. The molecule has 0 atom stereocenters. The van der Waals surface area contributed by atoms with Crippen molar-refractivity contribution in [2.45, 2.75) is 0 Å². The molecule has 15 heavy (non-hydrogen) atoms. The predicted molar refractivity (Wildman–Crippen MR) is 62.1 cm³/mol. The standard InChI is InChI=1S/C13H12N2/c14-13(15)12-8-6-11(7-9-12)10-4-2-1-3-5-10/h1-9H,(H3,14,15)/p+1. The van der Waals surface area contributed by atoms with Gasteiger partial charge in [0.05, 0.1) is 5.56 Å². The van der Waals surface area contributed by atoms with E-state index in [1.807, 2.05) is 42.5 Å². The molecular formula is C13H13N2+. The third-order valence-electron chi connectivity index (χ3n) is 2.33. The second-order valence-electron chi connectivity index (χ2n) is 3.40. The van der Waals surface area contributed by atoms with Crippen LogP contribution in [0.25, 0.3) is 11.1 Å². The van der Waals surface area contributed by atoms with Crippen molar-refractivity contribution in [1.29, 1.82) is 0 Å². The van der Waals surface area contributed by atoms with Crippen LogP contribution in [0.5, 0.6) is 0 Å². The Morgan fingerprint density at radius 3 is 1.87 bits per heavy atom. The molecule has 0 saturated carbocycles. The molecule has 4 N–H and O–H groups in total. The molecule has 0 spiro atoms. The van der Waals surface area contributed by atoms with Crippen LogP contribution < -0.4 is 11.1 Å². The van der Waals surface area contributed by atoms with Gasteiger partial charge in [-0.1, -0.05) is 42.5 Å². The fourth-order valence-electron chi connectivity index (χ4n) is 1.49. The number of benzene rings is 2. The average Bonchev–Trinajstić information content (AvgIpc) is 2.30. The lowest BCUT2D eigenvalue weighted by molar-refractivity contribution is -0.114. The number of amidine groups is 1. The van der Waals surface area contributed by atoms with Crippen LogP contribution in [-0.2, 0) is 0 Å².